The maximum atomic E-state index is 8.25. The lowest BCUT2D eigenvalue weighted by atomic mass is 10.3. The summed E-state index contributed by atoms with van der Waals surface area (Å²) in [6, 6.07) is 2.05. The third-order valence-electron chi connectivity index (χ3n) is 0.484. The van der Waals surface area contributed by atoms with Crippen molar-refractivity contribution in [3.63, 3.8) is 0 Å². The third-order valence-corrected chi connectivity index (χ3v) is 2.09. The average molecular weight is 229 g/mol. The predicted molar refractivity (Wildman–Crippen MR) is 38.8 cm³/mol. The fourth-order valence-electron chi connectivity index (χ4n) is 0.0299. The lowest BCUT2D eigenvalue weighted by Crippen LogP contribution is -2.12. The van der Waals surface area contributed by atoms with Crippen LogP contribution in [0.25, 0.3) is 0 Å². The molecule has 0 aliphatic rings. The SMILES string of the molecule is C[C@@](I)(C#N)CCl. The van der Waals surface area contributed by atoms with Crippen molar-refractivity contribution in [1.29, 1.82) is 5.26 Å². The van der Waals surface area contributed by atoms with Gasteiger partial charge in [0.25, 0.3) is 0 Å². The van der Waals surface area contributed by atoms with Crippen LogP contribution in [0.15, 0.2) is 0 Å². The molecule has 0 aromatic rings. The van der Waals surface area contributed by atoms with Crippen LogP contribution < -0.4 is 0 Å². The van der Waals surface area contributed by atoms with E-state index >= 15 is 0 Å². The molecular weight excluding hydrogens is 224 g/mol. The summed E-state index contributed by atoms with van der Waals surface area (Å²) in [6.45, 7) is 1.79. The van der Waals surface area contributed by atoms with E-state index in [1.165, 1.54) is 0 Å². The monoisotopic (exact) mass is 229 g/mol. The van der Waals surface area contributed by atoms with Gasteiger partial charge in [0.05, 0.1) is 6.07 Å². The minimum absolute atomic E-state index is 0.376. The number of alkyl halides is 2. The Hall–Kier alpha value is 0.510. The Morgan fingerprint density at radius 1 is 2.00 bits per heavy atom. The van der Waals surface area contributed by atoms with E-state index in [1.54, 1.807) is 6.92 Å². The summed E-state index contributed by atoms with van der Waals surface area (Å²) in [7, 11) is 0. The Morgan fingerprint density at radius 2 is 2.43 bits per heavy atom. The first kappa shape index (κ1) is 7.51. The Bertz CT molecular complexity index is 94.4. The summed E-state index contributed by atoms with van der Waals surface area (Å²) in [6.07, 6.45) is 0. The summed E-state index contributed by atoms with van der Waals surface area (Å²) in [4.78, 5) is 0. The van der Waals surface area contributed by atoms with Crippen molar-refractivity contribution in [2.24, 2.45) is 0 Å². The summed E-state index contributed by atoms with van der Waals surface area (Å²) in [5.41, 5.74) is 0. The van der Waals surface area contributed by atoms with Crippen LogP contribution in [0, 0.1) is 11.3 Å². The van der Waals surface area contributed by atoms with Crippen molar-refractivity contribution in [3.8, 4) is 6.07 Å². The molecule has 0 heterocycles. The van der Waals surface area contributed by atoms with Gasteiger partial charge in [0.2, 0.25) is 0 Å². The molecule has 0 saturated heterocycles. The summed E-state index contributed by atoms with van der Waals surface area (Å²) in [5, 5.41) is 8.25. The molecule has 7 heavy (non-hydrogen) atoms. The lowest BCUT2D eigenvalue weighted by molar-refractivity contribution is 0.968. The van der Waals surface area contributed by atoms with Crippen molar-refractivity contribution >= 4 is 34.2 Å². The van der Waals surface area contributed by atoms with Gasteiger partial charge >= 0.3 is 0 Å². The normalized spacial score (nSPS) is 17.4. The van der Waals surface area contributed by atoms with Gasteiger partial charge in [0.15, 0.2) is 0 Å². The number of nitriles is 1. The second-order valence-electron chi connectivity index (χ2n) is 1.44. The topological polar surface area (TPSA) is 23.8 Å². The van der Waals surface area contributed by atoms with Gasteiger partial charge in [-0.1, -0.05) is 22.6 Å². The molecule has 1 nitrogen and oxygen atoms in total. The molecule has 0 aromatic carbocycles. The van der Waals surface area contributed by atoms with Gasteiger partial charge in [-0.15, -0.1) is 11.6 Å². The van der Waals surface area contributed by atoms with Gasteiger partial charge in [-0.3, -0.25) is 0 Å². The molecule has 0 saturated carbocycles. The average Bonchev–Trinajstić information content (AvgIpc) is 1.68. The van der Waals surface area contributed by atoms with Crippen LogP contribution in [-0.4, -0.2) is 9.30 Å². The highest BCUT2D eigenvalue weighted by Gasteiger charge is 2.15. The molecule has 1 atom stereocenters. The molecule has 0 N–H and O–H groups in total. The van der Waals surface area contributed by atoms with Crippen LogP contribution >= 0.6 is 34.2 Å². The zero-order valence-corrected chi connectivity index (χ0v) is 6.82. The van der Waals surface area contributed by atoms with Crippen LogP contribution in [0.2, 0.25) is 0 Å². The summed E-state index contributed by atoms with van der Waals surface area (Å²) >= 11 is 7.37. The molecular formula is C4H5ClIN. The Kier molecular flexibility index (Phi) is 2.93. The van der Waals surface area contributed by atoms with Gasteiger partial charge < -0.3 is 0 Å². The highest BCUT2D eigenvalue weighted by Crippen LogP contribution is 2.17. The minimum Gasteiger partial charge on any atom is -0.197 e. The van der Waals surface area contributed by atoms with Crippen LogP contribution in [-0.2, 0) is 0 Å². The van der Waals surface area contributed by atoms with Gasteiger partial charge in [-0.05, 0) is 6.92 Å². The summed E-state index contributed by atoms with van der Waals surface area (Å²) < 4.78 is -0.376. The quantitative estimate of drug-likeness (QED) is 0.498. The van der Waals surface area contributed by atoms with Gasteiger partial charge in [0.1, 0.15) is 3.42 Å². The van der Waals surface area contributed by atoms with Crippen molar-refractivity contribution in [1.82, 2.24) is 0 Å². The molecule has 0 aliphatic heterocycles. The highest BCUT2D eigenvalue weighted by atomic mass is 127. The van der Waals surface area contributed by atoms with E-state index in [9.17, 15) is 0 Å². The first-order chi connectivity index (χ1) is 3.12. The molecule has 0 spiro atoms. The molecule has 40 valence electrons. The van der Waals surface area contributed by atoms with Crippen molar-refractivity contribution in [2.45, 2.75) is 10.3 Å². The smallest absolute Gasteiger partial charge is 0.119 e. The first-order valence-electron chi connectivity index (χ1n) is 1.78. The molecule has 0 rings (SSSR count). The first-order valence-corrected chi connectivity index (χ1v) is 3.40. The molecule has 0 unspecified atom stereocenters. The van der Waals surface area contributed by atoms with E-state index in [4.69, 9.17) is 16.9 Å². The number of nitrogens with zero attached hydrogens (tertiary/aromatic N) is 1. The number of hydrogen-bond donors (Lipinski definition) is 0. The zero-order valence-electron chi connectivity index (χ0n) is 3.91. The van der Waals surface area contributed by atoms with E-state index in [0.29, 0.717) is 5.88 Å². The zero-order chi connectivity index (χ0) is 5.91. The standard InChI is InChI=1S/C4H5ClIN/c1-4(6,2-5)3-7/h2H2,1H3/t4-/m0/s1. The molecule has 0 aromatic heterocycles. The predicted octanol–water partition coefficient (Wildman–Crippen LogP) is 1.94. The minimum atomic E-state index is -0.376. The van der Waals surface area contributed by atoms with Crippen molar-refractivity contribution in [2.75, 3.05) is 5.88 Å². The second kappa shape index (κ2) is 2.73. The van der Waals surface area contributed by atoms with E-state index < -0.39 is 0 Å². The maximum Gasteiger partial charge on any atom is 0.119 e. The Balaban J connectivity index is 3.66. The van der Waals surface area contributed by atoms with Gasteiger partial charge in [-0.25, -0.2) is 0 Å². The molecule has 0 fully saturated rings. The van der Waals surface area contributed by atoms with Crippen LogP contribution in [0.5, 0.6) is 0 Å². The molecule has 0 bridgehead atoms. The largest absolute Gasteiger partial charge is 0.197 e. The number of rotatable bonds is 1. The Morgan fingerprint density at radius 3 is 2.43 bits per heavy atom. The number of halogens is 2. The van der Waals surface area contributed by atoms with Crippen LogP contribution in [0.3, 0.4) is 0 Å². The fraction of sp³-hybridized carbons (Fsp3) is 0.750. The van der Waals surface area contributed by atoms with E-state index in [0.717, 1.165) is 0 Å². The van der Waals surface area contributed by atoms with Gasteiger partial charge in [-0.2, -0.15) is 5.26 Å². The second-order valence-corrected chi connectivity index (χ2v) is 4.09. The molecule has 0 amide bonds. The van der Waals surface area contributed by atoms with Crippen molar-refractivity contribution < 1.29 is 0 Å². The van der Waals surface area contributed by atoms with E-state index in [2.05, 4.69) is 0 Å². The third kappa shape index (κ3) is 3.12. The Labute approximate surface area is 61.8 Å². The van der Waals surface area contributed by atoms with Gasteiger partial charge in [0, 0.05) is 5.88 Å². The van der Waals surface area contributed by atoms with Crippen LogP contribution in [0.1, 0.15) is 6.92 Å². The summed E-state index contributed by atoms with van der Waals surface area (Å²) in [5.74, 6) is 0.393. The van der Waals surface area contributed by atoms with E-state index in [-0.39, 0.29) is 3.42 Å². The molecule has 0 aliphatic carbocycles. The maximum absolute atomic E-state index is 8.25. The fourth-order valence-corrected chi connectivity index (χ4v) is 0.0896. The van der Waals surface area contributed by atoms with Crippen LogP contribution in [0.4, 0.5) is 0 Å². The van der Waals surface area contributed by atoms with Crippen molar-refractivity contribution in [3.05, 3.63) is 0 Å². The molecule has 0 radical (unpaired) electrons. The number of hydrogen-bond acceptors (Lipinski definition) is 1. The lowest BCUT2D eigenvalue weighted by Gasteiger charge is -2.04. The molecule has 3 heteroatoms. The highest BCUT2D eigenvalue weighted by molar-refractivity contribution is 14.1. The van der Waals surface area contributed by atoms with E-state index in [1.807, 2.05) is 28.7 Å².